The number of pyridine rings is 1. The van der Waals surface area contributed by atoms with Crippen molar-refractivity contribution in [2.45, 2.75) is 24.6 Å². The maximum Gasteiger partial charge on any atom is 0.140 e. The van der Waals surface area contributed by atoms with Gasteiger partial charge in [0.25, 0.3) is 0 Å². The molecule has 1 N–H and O–H groups in total. The van der Waals surface area contributed by atoms with Crippen molar-refractivity contribution in [3.8, 4) is 0 Å². The molecule has 0 radical (unpaired) electrons. The van der Waals surface area contributed by atoms with Crippen LogP contribution in [0.15, 0.2) is 21.2 Å². The van der Waals surface area contributed by atoms with Crippen LogP contribution in [0, 0.1) is 5.92 Å². The van der Waals surface area contributed by atoms with E-state index in [2.05, 4.69) is 42.2 Å². The molecule has 16 heavy (non-hydrogen) atoms. The van der Waals surface area contributed by atoms with Crippen LogP contribution in [0.5, 0.6) is 0 Å². The summed E-state index contributed by atoms with van der Waals surface area (Å²) in [6.07, 6.45) is 5.27. The van der Waals surface area contributed by atoms with Gasteiger partial charge in [0.15, 0.2) is 0 Å². The summed E-state index contributed by atoms with van der Waals surface area (Å²) >= 11 is 13.0. The van der Waals surface area contributed by atoms with E-state index in [1.807, 2.05) is 6.07 Å². The van der Waals surface area contributed by atoms with E-state index in [0.29, 0.717) is 11.3 Å². The summed E-state index contributed by atoms with van der Waals surface area (Å²) in [7, 11) is 0. The Morgan fingerprint density at radius 1 is 1.44 bits per heavy atom. The molecule has 0 aliphatic heterocycles. The van der Waals surface area contributed by atoms with E-state index < -0.39 is 0 Å². The Morgan fingerprint density at radius 2 is 2.25 bits per heavy atom. The number of nitrogens with zero attached hydrogens (tertiary/aromatic N) is 1. The smallest absolute Gasteiger partial charge is 0.140 e. The number of rotatable bonds is 3. The van der Waals surface area contributed by atoms with E-state index >= 15 is 0 Å². The van der Waals surface area contributed by atoms with Crippen LogP contribution in [0.1, 0.15) is 19.3 Å². The number of halogens is 3. The molecule has 0 spiro atoms. The summed E-state index contributed by atoms with van der Waals surface area (Å²) in [5, 5.41) is 3.73. The molecular weight excluding hydrogens is 355 g/mol. The van der Waals surface area contributed by atoms with Gasteiger partial charge in [0.1, 0.15) is 5.82 Å². The lowest BCUT2D eigenvalue weighted by atomic mass is 10.1. The molecule has 2 nitrogen and oxygen atoms in total. The van der Waals surface area contributed by atoms with Gasteiger partial charge in [-0.2, -0.15) is 0 Å². The summed E-state index contributed by atoms with van der Waals surface area (Å²) in [6.45, 7) is 0.955. The largest absolute Gasteiger partial charge is 0.369 e. The van der Waals surface area contributed by atoms with Crippen LogP contribution < -0.4 is 5.32 Å². The number of nitrogens with one attached hydrogen (secondary N) is 1. The first-order valence-electron chi connectivity index (χ1n) is 5.34. The lowest BCUT2D eigenvalue weighted by molar-refractivity contribution is 0.579. The molecule has 1 aliphatic carbocycles. The van der Waals surface area contributed by atoms with Crippen LogP contribution in [0.3, 0.4) is 0 Å². The Morgan fingerprint density at radius 3 is 2.88 bits per heavy atom. The second-order valence-corrected chi connectivity index (χ2v) is 6.53. The Balaban J connectivity index is 1.89. The zero-order chi connectivity index (χ0) is 11.5. The summed E-state index contributed by atoms with van der Waals surface area (Å²) in [5.74, 6) is 1.58. The van der Waals surface area contributed by atoms with Crippen LogP contribution in [0.2, 0.25) is 0 Å². The van der Waals surface area contributed by atoms with Crippen LogP contribution >= 0.6 is 43.5 Å². The molecule has 0 bridgehead atoms. The molecular formula is C11H13Br2ClN2. The van der Waals surface area contributed by atoms with Crippen molar-refractivity contribution in [3.05, 3.63) is 21.2 Å². The normalized spacial score (nSPS) is 24.7. The van der Waals surface area contributed by atoms with E-state index in [4.69, 9.17) is 11.6 Å². The molecule has 5 heteroatoms. The van der Waals surface area contributed by atoms with Gasteiger partial charge in [-0.3, -0.25) is 0 Å². The molecule has 88 valence electrons. The highest BCUT2D eigenvalue weighted by Gasteiger charge is 2.22. The van der Waals surface area contributed by atoms with Crippen LogP contribution in [-0.2, 0) is 0 Å². The van der Waals surface area contributed by atoms with Gasteiger partial charge in [-0.1, -0.05) is 0 Å². The SMILES string of the molecule is ClC1CCC(CNc2ncc(Br)cc2Br)C1. The Hall–Kier alpha value is 0.200. The van der Waals surface area contributed by atoms with Crippen molar-refractivity contribution in [1.29, 1.82) is 0 Å². The second-order valence-electron chi connectivity index (χ2n) is 4.14. The van der Waals surface area contributed by atoms with Gasteiger partial charge in [-0.25, -0.2) is 4.98 Å². The quantitative estimate of drug-likeness (QED) is 0.799. The zero-order valence-electron chi connectivity index (χ0n) is 8.72. The number of anilines is 1. The molecule has 0 amide bonds. The number of hydrogen-bond acceptors (Lipinski definition) is 2. The summed E-state index contributed by atoms with van der Waals surface area (Å²) in [6, 6.07) is 1.99. The molecule has 2 rings (SSSR count). The first-order valence-corrected chi connectivity index (χ1v) is 7.36. The number of hydrogen-bond donors (Lipinski definition) is 1. The molecule has 1 aliphatic rings. The second kappa shape index (κ2) is 5.69. The van der Waals surface area contributed by atoms with Crippen molar-refractivity contribution < 1.29 is 0 Å². The average Bonchev–Trinajstić information content (AvgIpc) is 2.63. The van der Waals surface area contributed by atoms with Gasteiger partial charge >= 0.3 is 0 Å². The van der Waals surface area contributed by atoms with Crippen molar-refractivity contribution in [1.82, 2.24) is 4.98 Å². The maximum atomic E-state index is 6.08. The maximum absolute atomic E-state index is 6.08. The monoisotopic (exact) mass is 366 g/mol. The summed E-state index contributed by atoms with van der Waals surface area (Å²) in [5.41, 5.74) is 0. The predicted molar refractivity (Wildman–Crippen MR) is 75.1 cm³/mol. The third-order valence-corrected chi connectivity index (χ3v) is 4.28. The minimum atomic E-state index is 0.369. The summed E-state index contributed by atoms with van der Waals surface area (Å²) < 4.78 is 1.97. The standard InChI is InChI=1S/C11H13Br2ClN2/c12-8-4-10(13)11(16-6-8)15-5-7-1-2-9(14)3-7/h4,6-7,9H,1-3,5H2,(H,15,16). The van der Waals surface area contributed by atoms with Crippen LogP contribution in [-0.4, -0.2) is 16.9 Å². The molecule has 0 saturated heterocycles. The molecule has 1 aromatic heterocycles. The van der Waals surface area contributed by atoms with Gasteiger partial charge in [-0.15, -0.1) is 11.6 Å². The first-order chi connectivity index (χ1) is 7.65. The molecule has 1 heterocycles. The van der Waals surface area contributed by atoms with Crippen LogP contribution in [0.25, 0.3) is 0 Å². The lowest BCUT2D eigenvalue weighted by Crippen LogP contribution is -2.12. The fourth-order valence-electron chi connectivity index (χ4n) is 1.98. The highest BCUT2D eigenvalue weighted by molar-refractivity contribution is 9.11. The molecule has 2 unspecified atom stereocenters. The van der Waals surface area contributed by atoms with E-state index in [9.17, 15) is 0 Å². The fourth-order valence-corrected chi connectivity index (χ4v) is 3.49. The van der Waals surface area contributed by atoms with Crippen molar-refractivity contribution in [2.24, 2.45) is 5.92 Å². The van der Waals surface area contributed by atoms with Gasteiger partial charge in [0.05, 0.1) is 4.47 Å². The van der Waals surface area contributed by atoms with E-state index in [0.717, 1.165) is 34.1 Å². The fraction of sp³-hybridized carbons (Fsp3) is 0.545. The van der Waals surface area contributed by atoms with Gasteiger partial charge in [0.2, 0.25) is 0 Å². The van der Waals surface area contributed by atoms with Gasteiger partial charge in [-0.05, 0) is 63.1 Å². The van der Waals surface area contributed by atoms with E-state index in [-0.39, 0.29) is 0 Å². The third kappa shape index (κ3) is 3.34. The third-order valence-electron chi connectivity index (χ3n) is 2.84. The Labute approximate surface area is 117 Å². The first kappa shape index (κ1) is 12.7. The Bertz CT molecular complexity index is 373. The molecule has 1 aromatic rings. The topological polar surface area (TPSA) is 24.9 Å². The predicted octanol–water partition coefficient (Wildman–Crippen LogP) is 4.43. The lowest BCUT2D eigenvalue weighted by Gasteiger charge is -2.12. The molecule has 0 aromatic carbocycles. The van der Waals surface area contributed by atoms with Gasteiger partial charge < -0.3 is 5.32 Å². The molecule has 1 saturated carbocycles. The molecule has 2 atom stereocenters. The van der Waals surface area contributed by atoms with E-state index in [1.165, 1.54) is 6.42 Å². The Kier molecular flexibility index (Phi) is 4.50. The summed E-state index contributed by atoms with van der Waals surface area (Å²) in [4.78, 5) is 4.32. The van der Waals surface area contributed by atoms with Gasteiger partial charge in [0, 0.05) is 22.6 Å². The average molecular weight is 369 g/mol. The zero-order valence-corrected chi connectivity index (χ0v) is 12.6. The van der Waals surface area contributed by atoms with E-state index in [1.54, 1.807) is 6.20 Å². The highest BCUT2D eigenvalue weighted by atomic mass is 79.9. The highest BCUT2D eigenvalue weighted by Crippen LogP contribution is 2.30. The van der Waals surface area contributed by atoms with Crippen LogP contribution in [0.4, 0.5) is 5.82 Å². The van der Waals surface area contributed by atoms with Crippen molar-refractivity contribution in [2.75, 3.05) is 11.9 Å². The molecule has 1 fully saturated rings. The van der Waals surface area contributed by atoms with Crippen molar-refractivity contribution in [3.63, 3.8) is 0 Å². The number of alkyl halides is 1. The minimum Gasteiger partial charge on any atom is -0.369 e. The van der Waals surface area contributed by atoms with Crippen molar-refractivity contribution >= 4 is 49.3 Å². The number of aromatic nitrogens is 1. The minimum absolute atomic E-state index is 0.369.